The van der Waals surface area contributed by atoms with Gasteiger partial charge in [0, 0.05) is 32.7 Å². The number of hydrogen-bond acceptors (Lipinski definition) is 4. The highest BCUT2D eigenvalue weighted by Gasteiger charge is 2.37. The fourth-order valence-electron chi connectivity index (χ4n) is 1.54. The first kappa shape index (κ1) is 10.3. The molecule has 1 rings (SSSR count). The van der Waals surface area contributed by atoms with Gasteiger partial charge in [0.25, 0.3) is 0 Å². The largest absolute Gasteiger partial charge is 0.409 e. The standard InChI is InChI=1S/C8H16N2O3/c1-2-13-8(7(9)10-11)3-5-12-6-4-8/h11H,2-6H2,1H3,(H2,9,10). The van der Waals surface area contributed by atoms with E-state index < -0.39 is 5.60 Å². The van der Waals surface area contributed by atoms with Crippen molar-refractivity contribution in [1.82, 2.24) is 0 Å². The first-order valence-corrected chi connectivity index (χ1v) is 4.45. The molecule has 3 N–H and O–H groups in total. The van der Waals surface area contributed by atoms with Crippen LogP contribution in [0, 0.1) is 0 Å². The third-order valence-electron chi connectivity index (χ3n) is 2.30. The van der Waals surface area contributed by atoms with Crippen LogP contribution in [0.25, 0.3) is 0 Å². The van der Waals surface area contributed by atoms with Crippen LogP contribution in [0.1, 0.15) is 19.8 Å². The molecule has 0 spiro atoms. The lowest BCUT2D eigenvalue weighted by atomic mass is 9.93. The van der Waals surface area contributed by atoms with Crippen LogP contribution in [0.15, 0.2) is 5.16 Å². The first-order valence-electron chi connectivity index (χ1n) is 4.45. The number of rotatable bonds is 3. The number of nitrogens with two attached hydrogens (primary N) is 1. The lowest BCUT2D eigenvalue weighted by Crippen LogP contribution is -2.50. The molecule has 0 atom stereocenters. The summed E-state index contributed by atoms with van der Waals surface area (Å²) >= 11 is 0. The Kier molecular flexibility index (Phi) is 3.50. The zero-order chi connectivity index (χ0) is 9.73. The highest BCUT2D eigenvalue weighted by Crippen LogP contribution is 2.25. The van der Waals surface area contributed by atoms with Crippen molar-refractivity contribution in [2.24, 2.45) is 10.9 Å². The van der Waals surface area contributed by atoms with Crippen molar-refractivity contribution in [2.75, 3.05) is 19.8 Å². The van der Waals surface area contributed by atoms with Gasteiger partial charge in [0.2, 0.25) is 0 Å². The summed E-state index contributed by atoms with van der Waals surface area (Å²) in [7, 11) is 0. The van der Waals surface area contributed by atoms with Crippen LogP contribution in [-0.2, 0) is 9.47 Å². The zero-order valence-corrected chi connectivity index (χ0v) is 7.82. The van der Waals surface area contributed by atoms with Crippen molar-refractivity contribution in [3.8, 4) is 0 Å². The molecule has 0 amide bonds. The second kappa shape index (κ2) is 4.43. The SMILES string of the molecule is CCOC1(/C(N)=N/O)CCOCC1. The zero-order valence-electron chi connectivity index (χ0n) is 7.82. The van der Waals surface area contributed by atoms with Gasteiger partial charge in [-0.15, -0.1) is 0 Å². The molecule has 1 fully saturated rings. The van der Waals surface area contributed by atoms with Crippen molar-refractivity contribution in [2.45, 2.75) is 25.4 Å². The van der Waals surface area contributed by atoms with Crippen molar-refractivity contribution in [3.05, 3.63) is 0 Å². The van der Waals surface area contributed by atoms with Crippen LogP contribution in [0.5, 0.6) is 0 Å². The van der Waals surface area contributed by atoms with E-state index in [2.05, 4.69) is 5.16 Å². The molecule has 0 saturated carbocycles. The van der Waals surface area contributed by atoms with Crippen molar-refractivity contribution < 1.29 is 14.7 Å². The van der Waals surface area contributed by atoms with Gasteiger partial charge in [-0.1, -0.05) is 5.16 Å². The molecule has 0 aromatic carbocycles. The van der Waals surface area contributed by atoms with Gasteiger partial charge in [0.05, 0.1) is 0 Å². The molecule has 5 nitrogen and oxygen atoms in total. The fourth-order valence-corrected chi connectivity index (χ4v) is 1.54. The van der Waals surface area contributed by atoms with Crippen molar-refractivity contribution in [3.63, 3.8) is 0 Å². The van der Waals surface area contributed by atoms with Gasteiger partial charge >= 0.3 is 0 Å². The van der Waals surface area contributed by atoms with Crippen molar-refractivity contribution in [1.29, 1.82) is 0 Å². The molecule has 13 heavy (non-hydrogen) atoms. The summed E-state index contributed by atoms with van der Waals surface area (Å²) in [6.45, 7) is 3.63. The third-order valence-corrected chi connectivity index (χ3v) is 2.30. The lowest BCUT2D eigenvalue weighted by Gasteiger charge is -2.35. The predicted octanol–water partition coefficient (Wildman–Crippen LogP) is 0.318. The van der Waals surface area contributed by atoms with Crippen LogP contribution in [0.4, 0.5) is 0 Å². The summed E-state index contributed by atoms with van der Waals surface area (Å²) in [6.07, 6.45) is 1.30. The second-order valence-corrected chi connectivity index (χ2v) is 3.02. The predicted molar refractivity (Wildman–Crippen MR) is 47.8 cm³/mol. The highest BCUT2D eigenvalue weighted by molar-refractivity contribution is 5.88. The fraction of sp³-hybridized carbons (Fsp3) is 0.875. The Hall–Kier alpha value is -0.810. The van der Waals surface area contributed by atoms with E-state index in [0.717, 1.165) is 0 Å². The van der Waals surface area contributed by atoms with E-state index >= 15 is 0 Å². The smallest absolute Gasteiger partial charge is 0.171 e. The molecule has 0 aliphatic carbocycles. The summed E-state index contributed by atoms with van der Waals surface area (Å²) in [5.41, 5.74) is 4.98. The Morgan fingerprint density at radius 3 is 2.69 bits per heavy atom. The van der Waals surface area contributed by atoms with Gasteiger partial charge in [0.15, 0.2) is 5.84 Å². The minimum absolute atomic E-state index is 0.151. The minimum atomic E-state index is -0.609. The molecule has 1 aliphatic rings. The second-order valence-electron chi connectivity index (χ2n) is 3.02. The normalized spacial score (nSPS) is 23.0. The molecule has 0 bridgehead atoms. The monoisotopic (exact) mass is 188 g/mol. The Bertz CT molecular complexity index is 182. The molecule has 5 heteroatoms. The summed E-state index contributed by atoms with van der Waals surface area (Å²) in [5, 5.41) is 11.6. The van der Waals surface area contributed by atoms with Crippen LogP contribution < -0.4 is 5.73 Å². The number of amidine groups is 1. The quantitative estimate of drug-likeness (QED) is 0.289. The molecule has 1 heterocycles. The summed E-state index contributed by atoms with van der Waals surface area (Å²) in [6, 6.07) is 0. The maximum absolute atomic E-state index is 8.62. The Morgan fingerprint density at radius 1 is 1.62 bits per heavy atom. The Balaban J connectivity index is 2.72. The maximum atomic E-state index is 8.62. The molecular formula is C8H16N2O3. The minimum Gasteiger partial charge on any atom is -0.409 e. The summed E-state index contributed by atoms with van der Waals surface area (Å²) in [5.74, 6) is 0.151. The number of hydrogen-bond donors (Lipinski definition) is 2. The third kappa shape index (κ3) is 2.10. The first-order chi connectivity index (χ1) is 6.25. The molecule has 0 radical (unpaired) electrons. The van der Waals surface area contributed by atoms with Crippen LogP contribution in [0.3, 0.4) is 0 Å². The highest BCUT2D eigenvalue weighted by atomic mass is 16.5. The molecule has 0 aromatic heterocycles. The van der Waals surface area contributed by atoms with Crippen LogP contribution in [-0.4, -0.2) is 36.5 Å². The Labute approximate surface area is 77.5 Å². The summed E-state index contributed by atoms with van der Waals surface area (Å²) < 4.78 is 10.7. The van der Waals surface area contributed by atoms with Gasteiger partial charge in [-0.25, -0.2) is 0 Å². The van der Waals surface area contributed by atoms with E-state index in [1.165, 1.54) is 0 Å². The van der Waals surface area contributed by atoms with Gasteiger partial charge in [-0.3, -0.25) is 0 Å². The molecule has 0 unspecified atom stereocenters. The molecular weight excluding hydrogens is 172 g/mol. The lowest BCUT2D eigenvalue weighted by molar-refractivity contribution is -0.0657. The average Bonchev–Trinajstić information content (AvgIpc) is 2.18. The van der Waals surface area contributed by atoms with E-state index in [1.807, 2.05) is 6.92 Å². The van der Waals surface area contributed by atoms with Crippen LogP contribution >= 0.6 is 0 Å². The number of oxime groups is 1. The molecule has 76 valence electrons. The van der Waals surface area contributed by atoms with Gasteiger partial charge in [-0.05, 0) is 6.92 Å². The average molecular weight is 188 g/mol. The van der Waals surface area contributed by atoms with Gasteiger partial charge in [0.1, 0.15) is 5.60 Å². The number of ether oxygens (including phenoxy) is 2. The van der Waals surface area contributed by atoms with E-state index in [1.54, 1.807) is 0 Å². The summed E-state index contributed by atoms with van der Waals surface area (Å²) in [4.78, 5) is 0. The van der Waals surface area contributed by atoms with Crippen molar-refractivity contribution >= 4 is 5.84 Å². The topological polar surface area (TPSA) is 77.1 Å². The van der Waals surface area contributed by atoms with E-state index in [0.29, 0.717) is 32.7 Å². The maximum Gasteiger partial charge on any atom is 0.171 e. The Morgan fingerprint density at radius 2 is 2.23 bits per heavy atom. The van der Waals surface area contributed by atoms with Crippen LogP contribution in [0.2, 0.25) is 0 Å². The van der Waals surface area contributed by atoms with E-state index in [9.17, 15) is 0 Å². The molecule has 1 saturated heterocycles. The van der Waals surface area contributed by atoms with E-state index in [4.69, 9.17) is 20.4 Å². The molecule has 1 aliphatic heterocycles. The van der Waals surface area contributed by atoms with Gasteiger partial charge in [-0.2, -0.15) is 0 Å². The van der Waals surface area contributed by atoms with Gasteiger partial charge < -0.3 is 20.4 Å². The molecule has 0 aromatic rings. The van der Waals surface area contributed by atoms with E-state index in [-0.39, 0.29) is 5.84 Å². The number of nitrogens with zero attached hydrogens (tertiary/aromatic N) is 1.